The van der Waals surface area contributed by atoms with E-state index in [-0.39, 0.29) is 38.0 Å². The Morgan fingerprint density at radius 3 is 1.89 bits per heavy atom. The van der Waals surface area contributed by atoms with E-state index in [0.717, 1.165) is 16.5 Å². The molecule has 0 fully saturated rings. The lowest BCUT2D eigenvalue weighted by molar-refractivity contribution is 0.560. The second-order valence-corrected chi connectivity index (χ2v) is 12.0. The van der Waals surface area contributed by atoms with Gasteiger partial charge in [0.2, 0.25) is 0 Å². The number of nitrogen functional groups attached to an aromatic ring is 2. The monoisotopic (exact) mass is 729 g/mol. The zero-order chi connectivity index (χ0) is 38.1. The number of halogens is 2. The third-order valence-corrected chi connectivity index (χ3v) is 7.68. The molecule has 0 aliphatic heterocycles. The maximum atomic E-state index is 14.0. The molecule has 15 heteroatoms. The Hall–Kier alpha value is -7.08. The van der Waals surface area contributed by atoms with Crippen LogP contribution in [0.2, 0.25) is 0 Å². The van der Waals surface area contributed by atoms with E-state index in [1.165, 1.54) is 12.1 Å². The number of hydrogen-bond acceptors (Lipinski definition) is 10. The first-order valence-corrected chi connectivity index (χ1v) is 16.3. The smallest absolute Gasteiger partial charge is 0.182 e. The van der Waals surface area contributed by atoms with E-state index >= 15 is 0 Å². The van der Waals surface area contributed by atoms with E-state index in [2.05, 4.69) is 30.1 Å². The number of aryl methyl sites for hydroxylation is 1. The predicted octanol–water partition coefficient (Wildman–Crippen LogP) is 6.48. The summed E-state index contributed by atoms with van der Waals surface area (Å²) in [4.78, 5) is 19.1. The fraction of sp³-hybridized carbons (Fsp3) is 0.179. The maximum Gasteiger partial charge on any atom is 0.182 e. The number of benzene rings is 2. The van der Waals surface area contributed by atoms with Crippen molar-refractivity contribution < 1.29 is 8.78 Å². The molecule has 0 atom stereocenters. The van der Waals surface area contributed by atoms with E-state index in [0.29, 0.717) is 50.8 Å². The van der Waals surface area contributed by atoms with E-state index in [1.54, 1.807) is 89.6 Å². The van der Waals surface area contributed by atoms with Gasteiger partial charge in [-0.2, -0.15) is 15.5 Å². The van der Waals surface area contributed by atoms with Crippen LogP contribution in [0.5, 0.6) is 0 Å². The Kier molecular flexibility index (Phi) is 13.2. The van der Waals surface area contributed by atoms with Crippen LogP contribution in [0.25, 0.3) is 33.6 Å². The van der Waals surface area contributed by atoms with Gasteiger partial charge in [-0.15, -0.1) is 0 Å². The Morgan fingerprint density at radius 1 is 0.852 bits per heavy atom. The number of anilines is 1. The fourth-order valence-electron chi connectivity index (χ4n) is 5.16. The zero-order valence-electron chi connectivity index (χ0n) is 29.5. The molecule has 13 nitrogen and oxygen atoms in total. The van der Waals surface area contributed by atoms with Gasteiger partial charge in [0, 0.05) is 61.1 Å². The maximum absolute atomic E-state index is 14.0. The van der Waals surface area contributed by atoms with Crippen LogP contribution in [0.3, 0.4) is 0 Å². The SMILES string of the molecule is C.C/C(C#N)=C\N(C)C.Cc1cnc(-c2nn(Cc3ccccc3F)c3ncccc23)nc1N.N=C(N)c1nn(Cc2ccccc2F)c2ncccc12. The standard InChI is InChI=1S/C18H15FN6.C14H12FN5.C6H10N2.CH4/c1-11-9-22-17(23-16(11)20)15-13-6-4-8-21-18(13)25(24-15)10-12-5-2-3-7-14(12)19;15-11-6-2-1-4-9(11)8-20-14-10(5-3-7-18-14)12(19-20)13(16)17;1-6(4-7)5-8(2)3;/h2-9H,10H2,1H3,(H2,20,22,23);1-7H,8H2,(H3,16,17);5H,1-3H3;1H4/b;;6-5+;. The first-order chi connectivity index (χ1) is 25.5. The van der Waals surface area contributed by atoms with Gasteiger partial charge in [-0.05, 0) is 50.2 Å². The lowest BCUT2D eigenvalue weighted by atomic mass is 10.2. The van der Waals surface area contributed by atoms with E-state index in [9.17, 15) is 8.78 Å². The summed E-state index contributed by atoms with van der Waals surface area (Å²) in [6, 6.07) is 22.4. The predicted molar refractivity (Wildman–Crippen MR) is 207 cm³/mol. The summed E-state index contributed by atoms with van der Waals surface area (Å²) in [5.41, 5.74) is 16.2. The van der Waals surface area contributed by atoms with Crippen molar-refractivity contribution in [3.63, 3.8) is 0 Å². The second-order valence-electron chi connectivity index (χ2n) is 12.0. The Morgan fingerprint density at radius 2 is 1.39 bits per heavy atom. The molecule has 5 heterocycles. The number of allylic oxidation sites excluding steroid dienone is 1. The topological polar surface area (TPSA) is 190 Å². The van der Waals surface area contributed by atoms with Crippen molar-refractivity contribution in [2.24, 2.45) is 5.73 Å². The molecule has 0 saturated heterocycles. The van der Waals surface area contributed by atoms with E-state index < -0.39 is 0 Å². The number of nitrogens with zero attached hydrogens (tertiary/aromatic N) is 10. The quantitative estimate of drug-likeness (QED) is 0.0930. The molecule has 5 N–H and O–H groups in total. The molecule has 7 aromatic rings. The average molecular weight is 730 g/mol. The largest absolute Gasteiger partial charge is 0.383 e. The molecular formula is C39H41F2N13. The lowest BCUT2D eigenvalue weighted by Crippen LogP contribution is -2.13. The second kappa shape index (κ2) is 17.9. The van der Waals surface area contributed by atoms with Crippen LogP contribution in [0.15, 0.2) is 103 Å². The summed E-state index contributed by atoms with van der Waals surface area (Å²) in [5.74, 6) is 0.130. The Labute approximate surface area is 311 Å². The molecule has 0 bridgehead atoms. The molecule has 0 aliphatic carbocycles. The number of rotatable bonds is 7. The highest BCUT2D eigenvalue weighted by Crippen LogP contribution is 2.26. The number of pyridine rings is 2. The highest BCUT2D eigenvalue weighted by molar-refractivity contribution is 6.04. The van der Waals surface area contributed by atoms with Crippen molar-refractivity contribution in [2.75, 3.05) is 19.8 Å². The van der Waals surface area contributed by atoms with Gasteiger partial charge in [-0.25, -0.2) is 38.1 Å². The summed E-state index contributed by atoms with van der Waals surface area (Å²) < 4.78 is 30.9. The molecule has 0 spiro atoms. The minimum atomic E-state index is -0.295. The van der Waals surface area contributed by atoms with Crippen LogP contribution in [0.1, 0.15) is 36.7 Å². The van der Waals surface area contributed by atoms with Crippen LogP contribution < -0.4 is 11.5 Å². The average Bonchev–Trinajstić information content (AvgIpc) is 3.70. The third kappa shape index (κ3) is 9.42. The zero-order valence-corrected chi connectivity index (χ0v) is 29.5. The number of nitrogens with two attached hydrogens (primary N) is 2. The van der Waals surface area contributed by atoms with Crippen molar-refractivity contribution in [2.45, 2.75) is 34.4 Å². The lowest BCUT2D eigenvalue weighted by Gasteiger charge is -2.04. The summed E-state index contributed by atoms with van der Waals surface area (Å²) in [5, 5.41) is 26.1. The number of hydrogen-bond donors (Lipinski definition) is 3. The highest BCUT2D eigenvalue weighted by atomic mass is 19.1. The van der Waals surface area contributed by atoms with Crippen LogP contribution >= 0.6 is 0 Å². The normalized spacial score (nSPS) is 10.7. The number of nitrogens with one attached hydrogen (secondary N) is 1. The molecule has 0 radical (unpaired) electrons. The number of nitriles is 1. The van der Waals surface area contributed by atoms with Gasteiger partial charge in [-0.3, -0.25) is 5.41 Å². The molecule has 54 heavy (non-hydrogen) atoms. The number of fused-ring (bicyclic) bond motifs is 2. The van der Waals surface area contributed by atoms with Gasteiger partial charge in [0.15, 0.2) is 17.1 Å². The summed E-state index contributed by atoms with van der Waals surface area (Å²) >= 11 is 0. The molecule has 7 rings (SSSR count). The molecule has 276 valence electrons. The van der Waals surface area contributed by atoms with Crippen LogP contribution in [-0.2, 0) is 13.1 Å². The minimum absolute atomic E-state index is 0. The molecule has 5 aromatic heterocycles. The van der Waals surface area contributed by atoms with Gasteiger partial charge < -0.3 is 16.4 Å². The van der Waals surface area contributed by atoms with Gasteiger partial charge in [0.1, 0.15) is 34.7 Å². The minimum Gasteiger partial charge on any atom is -0.383 e. The van der Waals surface area contributed by atoms with Gasteiger partial charge >= 0.3 is 0 Å². The molecule has 0 saturated carbocycles. The number of amidine groups is 1. The summed E-state index contributed by atoms with van der Waals surface area (Å²) in [6.45, 7) is 4.13. The first kappa shape index (κ1) is 39.7. The van der Waals surface area contributed by atoms with Gasteiger partial charge in [0.25, 0.3) is 0 Å². The number of aromatic nitrogens is 8. The first-order valence-electron chi connectivity index (χ1n) is 16.3. The fourth-order valence-corrected chi connectivity index (χ4v) is 5.16. The van der Waals surface area contributed by atoms with E-state index in [1.807, 2.05) is 44.1 Å². The Bertz CT molecular complexity index is 2460. The highest BCUT2D eigenvalue weighted by Gasteiger charge is 2.17. The van der Waals surface area contributed by atoms with Gasteiger partial charge in [-0.1, -0.05) is 43.8 Å². The Balaban J connectivity index is 0.000000201. The molecule has 0 amide bonds. The van der Waals surface area contributed by atoms with Crippen molar-refractivity contribution in [1.29, 1.82) is 10.7 Å². The van der Waals surface area contributed by atoms with Crippen molar-refractivity contribution in [3.8, 4) is 17.6 Å². The molecule has 2 aromatic carbocycles. The van der Waals surface area contributed by atoms with Crippen molar-refractivity contribution in [3.05, 3.63) is 137 Å². The van der Waals surface area contributed by atoms with Crippen LogP contribution in [0, 0.1) is 35.3 Å². The third-order valence-electron chi connectivity index (χ3n) is 7.68. The van der Waals surface area contributed by atoms with E-state index in [4.69, 9.17) is 22.1 Å². The molecule has 0 unspecified atom stereocenters. The van der Waals surface area contributed by atoms with Crippen molar-refractivity contribution >= 4 is 33.7 Å². The summed E-state index contributed by atoms with van der Waals surface area (Å²) in [7, 11) is 3.78. The van der Waals surface area contributed by atoms with Crippen molar-refractivity contribution in [1.82, 2.24) is 44.4 Å². The molecule has 0 aliphatic rings. The van der Waals surface area contributed by atoms with Gasteiger partial charge in [0.05, 0.1) is 29.9 Å². The summed E-state index contributed by atoms with van der Waals surface area (Å²) in [6.07, 6.45) is 6.75. The van der Waals surface area contributed by atoms with Crippen LogP contribution in [-0.4, -0.2) is 64.3 Å². The van der Waals surface area contributed by atoms with Crippen LogP contribution in [0.4, 0.5) is 14.6 Å². The molecular weight excluding hydrogens is 689 g/mol.